The third-order valence-corrected chi connectivity index (χ3v) is 3.38. The molecule has 0 radical (unpaired) electrons. The van der Waals surface area contributed by atoms with Gasteiger partial charge in [-0.25, -0.2) is 4.39 Å². The van der Waals surface area contributed by atoms with Gasteiger partial charge >= 0.3 is 0 Å². The molecule has 2 aromatic carbocycles. The Morgan fingerprint density at radius 1 is 1.14 bits per heavy atom. The molecule has 1 amide bonds. The van der Waals surface area contributed by atoms with Crippen LogP contribution in [0.25, 0.3) is 11.0 Å². The maximum atomic E-state index is 13.3. The van der Waals surface area contributed by atoms with Crippen molar-refractivity contribution < 1.29 is 13.6 Å². The molecule has 0 saturated carbocycles. The highest BCUT2D eigenvalue weighted by atomic mass is 19.1. The van der Waals surface area contributed by atoms with Gasteiger partial charge in [0.2, 0.25) is 0 Å². The molecule has 0 aliphatic heterocycles. The van der Waals surface area contributed by atoms with Crippen molar-refractivity contribution in [3.05, 3.63) is 65.2 Å². The third-order valence-electron chi connectivity index (χ3n) is 3.38. The summed E-state index contributed by atoms with van der Waals surface area (Å²) in [6.07, 6.45) is 0. The highest BCUT2D eigenvalue weighted by molar-refractivity contribution is 6.06. The van der Waals surface area contributed by atoms with Crippen molar-refractivity contribution in [2.24, 2.45) is 0 Å². The molecular weight excluding hydrogens is 269 g/mol. The molecule has 0 saturated heterocycles. The number of furan rings is 1. The van der Waals surface area contributed by atoms with Gasteiger partial charge in [-0.3, -0.25) is 4.79 Å². The Morgan fingerprint density at radius 2 is 1.95 bits per heavy atom. The summed E-state index contributed by atoms with van der Waals surface area (Å²) in [6, 6.07) is 11.7. The van der Waals surface area contributed by atoms with Crippen LogP contribution in [0.2, 0.25) is 0 Å². The highest BCUT2D eigenvalue weighted by Gasteiger charge is 2.18. The van der Waals surface area contributed by atoms with Gasteiger partial charge < -0.3 is 9.73 Å². The van der Waals surface area contributed by atoms with Crippen molar-refractivity contribution in [3.63, 3.8) is 0 Å². The van der Waals surface area contributed by atoms with Crippen LogP contribution in [0.1, 0.15) is 21.7 Å². The Labute approximate surface area is 121 Å². The highest BCUT2D eigenvalue weighted by Crippen LogP contribution is 2.26. The van der Waals surface area contributed by atoms with Gasteiger partial charge in [0.05, 0.1) is 0 Å². The fraction of sp³-hybridized carbons (Fsp3) is 0.118. The van der Waals surface area contributed by atoms with Crippen molar-refractivity contribution in [1.82, 2.24) is 0 Å². The molecule has 0 fully saturated rings. The van der Waals surface area contributed by atoms with Gasteiger partial charge in [-0.05, 0) is 49.7 Å². The largest absolute Gasteiger partial charge is 0.451 e. The number of rotatable bonds is 2. The quantitative estimate of drug-likeness (QED) is 0.755. The van der Waals surface area contributed by atoms with Crippen molar-refractivity contribution in [3.8, 4) is 0 Å². The van der Waals surface area contributed by atoms with Crippen LogP contribution in [0.3, 0.4) is 0 Å². The van der Waals surface area contributed by atoms with Crippen molar-refractivity contribution >= 4 is 22.6 Å². The molecule has 1 aromatic heterocycles. The minimum atomic E-state index is -0.350. The summed E-state index contributed by atoms with van der Waals surface area (Å²) < 4.78 is 18.8. The molecule has 1 N–H and O–H groups in total. The first-order valence-electron chi connectivity index (χ1n) is 6.61. The van der Waals surface area contributed by atoms with Gasteiger partial charge in [0, 0.05) is 16.6 Å². The number of halogens is 1. The van der Waals surface area contributed by atoms with E-state index < -0.39 is 0 Å². The molecule has 0 aliphatic carbocycles. The first-order valence-corrected chi connectivity index (χ1v) is 6.61. The van der Waals surface area contributed by atoms with E-state index in [1.54, 1.807) is 6.92 Å². The molecule has 0 unspecified atom stereocenters. The molecule has 0 bridgehead atoms. The molecule has 3 rings (SSSR count). The van der Waals surface area contributed by atoms with Gasteiger partial charge in [-0.2, -0.15) is 0 Å². The van der Waals surface area contributed by atoms with E-state index in [1.807, 2.05) is 31.2 Å². The number of hydrogen-bond acceptors (Lipinski definition) is 2. The number of aryl methyl sites for hydroxylation is 2. The maximum absolute atomic E-state index is 13.3. The molecule has 106 valence electrons. The summed E-state index contributed by atoms with van der Waals surface area (Å²) >= 11 is 0. The summed E-state index contributed by atoms with van der Waals surface area (Å²) in [5.41, 5.74) is 2.89. The molecule has 0 spiro atoms. The molecule has 0 atom stereocenters. The Hall–Kier alpha value is -2.62. The van der Waals surface area contributed by atoms with E-state index in [2.05, 4.69) is 5.32 Å². The first-order chi connectivity index (χ1) is 10.0. The fourth-order valence-corrected chi connectivity index (χ4v) is 2.32. The third kappa shape index (κ3) is 2.52. The molecule has 4 heteroatoms. The average molecular weight is 283 g/mol. The summed E-state index contributed by atoms with van der Waals surface area (Å²) in [4.78, 5) is 12.3. The van der Waals surface area contributed by atoms with E-state index in [4.69, 9.17) is 4.42 Å². The first kappa shape index (κ1) is 13.4. The summed E-state index contributed by atoms with van der Waals surface area (Å²) in [5, 5.41) is 3.40. The van der Waals surface area contributed by atoms with E-state index in [9.17, 15) is 9.18 Å². The van der Waals surface area contributed by atoms with Gasteiger partial charge in [0.25, 0.3) is 5.91 Å². The van der Waals surface area contributed by atoms with Crippen molar-refractivity contribution in [2.75, 3.05) is 5.32 Å². The van der Waals surface area contributed by atoms with Gasteiger partial charge in [0.1, 0.15) is 11.4 Å². The standard InChI is InChI=1S/C17H14FNO2/c1-10-4-3-5-13(8-10)19-17(20)16-11(2)14-9-12(18)6-7-15(14)21-16/h3-9H,1-2H3,(H,19,20). The van der Waals surface area contributed by atoms with E-state index >= 15 is 0 Å². The summed E-state index contributed by atoms with van der Waals surface area (Å²) in [7, 11) is 0. The maximum Gasteiger partial charge on any atom is 0.291 e. The minimum Gasteiger partial charge on any atom is -0.451 e. The van der Waals surface area contributed by atoms with Crippen LogP contribution >= 0.6 is 0 Å². The molecular formula is C17H14FNO2. The van der Waals surface area contributed by atoms with Crippen LogP contribution in [0, 0.1) is 19.7 Å². The van der Waals surface area contributed by atoms with Gasteiger partial charge in [-0.15, -0.1) is 0 Å². The lowest BCUT2D eigenvalue weighted by Crippen LogP contribution is -2.12. The van der Waals surface area contributed by atoms with Crippen LogP contribution in [0.15, 0.2) is 46.9 Å². The number of hydrogen-bond donors (Lipinski definition) is 1. The Balaban J connectivity index is 1.96. The Bertz CT molecular complexity index is 836. The summed E-state index contributed by atoms with van der Waals surface area (Å²) in [6.45, 7) is 3.70. The van der Waals surface area contributed by atoms with Crippen LogP contribution in [0.5, 0.6) is 0 Å². The predicted molar refractivity (Wildman–Crippen MR) is 80.0 cm³/mol. The normalized spacial score (nSPS) is 10.8. The molecule has 0 aliphatic rings. The van der Waals surface area contributed by atoms with Gasteiger partial charge in [-0.1, -0.05) is 12.1 Å². The lowest BCUT2D eigenvalue weighted by Gasteiger charge is -2.04. The second-order valence-electron chi connectivity index (χ2n) is 5.02. The van der Waals surface area contributed by atoms with E-state index in [1.165, 1.54) is 18.2 Å². The Kier molecular flexibility index (Phi) is 3.22. The van der Waals surface area contributed by atoms with E-state index in [-0.39, 0.29) is 17.5 Å². The molecule has 3 aromatic rings. The lowest BCUT2D eigenvalue weighted by molar-refractivity contribution is 0.0998. The summed E-state index contributed by atoms with van der Waals surface area (Å²) in [5.74, 6) is -0.483. The number of nitrogens with one attached hydrogen (secondary N) is 1. The van der Waals surface area contributed by atoms with Crippen molar-refractivity contribution in [1.29, 1.82) is 0 Å². The van der Waals surface area contributed by atoms with Crippen LogP contribution in [0.4, 0.5) is 10.1 Å². The topological polar surface area (TPSA) is 42.2 Å². The molecule has 21 heavy (non-hydrogen) atoms. The lowest BCUT2D eigenvalue weighted by atomic mass is 10.1. The monoisotopic (exact) mass is 283 g/mol. The number of amides is 1. The molecule has 1 heterocycles. The van der Waals surface area contributed by atoms with Crippen LogP contribution < -0.4 is 5.32 Å². The van der Waals surface area contributed by atoms with E-state index in [0.717, 1.165) is 5.56 Å². The zero-order valence-corrected chi connectivity index (χ0v) is 11.7. The van der Waals surface area contributed by atoms with Crippen LogP contribution in [-0.2, 0) is 0 Å². The molecule has 3 nitrogen and oxygen atoms in total. The predicted octanol–water partition coefficient (Wildman–Crippen LogP) is 4.44. The minimum absolute atomic E-state index is 0.206. The second-order valence-corrected chi connectivity index (χ2v) is 5.02. The zero-order chi connectivity index (χ0) is 15.0. The smallest absolute Gasteiger partial charge is 0.291 e. The average Bonchev–Trinajstić information content (AvgIpc) is 2.76. The number of fused-ring (bicyclic) bond motifs is 1. The van der Waals surface area contributed by atoms with Crippen molar-refractivity contribution in [2.45, 2.75) is 13.8 Å². The SMILES string of the molecule is Cc1cccc(NC(=O)c2oc3ccc(F)cc3c2C)c1. The van der Waals surface area contributed by atoms with E-state index in [0.29, 0.717) is 22.2 Å². The number of benzene rings is 2. The number of carbonyl (C=O) groups excluding carboxylic acids is 1. The van der Waals surface area contributed by atoms with Gasteiger partial charge in [0.15, 0.2) is 5.76 Å². The number of anilines is 1. The Morgan fingerprint density at radius 3 is 2.71 bits per heavy atom. The fourth-order valence-electron chi connectivity index (χ4n) is 2.32. The van der Waals surface area contributed by atoms with Crippen LogP contribution in [-0.4, -0.2) is 5.91 Å². The number of carbonyl (C=O) groups is 1. The zero-order valence-electron chi connectivity index (χ0n) is 11.7. The second kappa shape index (κ2) is 5.05.